The predicted octanol–water partition coefficient (Wildman–Crippen LogP) is 3.14. The summed E-state index contributed by atoms with van der Waals surface area (Å²) in [5.41, 5.74) is -0.449. The van der Waals surface area contributed by atoms with E-state index in [2.05, 4.69) is 20.6 Å². The zero-order valence-corrected chi connectivity index (χ0v) is 16.4. The second kappa shape index (κ2) is 8.57. The molecule has 0 aromatic carbocycles. The molecule has 144 valence electrons. The van der Waals surface area contributed by atoms with Gasteiger partial charge in [0, 0.05) is 18.3 Å². The van der Waals surface area contributed by atoms with Crippen LogP contribution in [0.3, 0.4) is 0 Å². The molecule has 1 aliphatic carbocycles. The van der Waals surface area contributed by atoms with Crippen LogP contribution in [0.1, 0.15) is 56.8 Å². The van der Waals surface area contributed by atoms with E-state index in [1.54, 1.807) is 0 Å². The number of hydrogen-bond acceptors (Lipinski definition) is 7. The molecule has 1 fully saturated rings. The summed E-state index contributed by atoms with van der Waals surface area (Å²) >= 11 is 1.36. The molecule has 2 rings (SSSR count). The smallest absolute Gasteiger partial charge is 0.407 e. The SMILES string of the molecule is CSc1ncc(C(=O)O)c(NC2CCC(NC(=O)OC(C)(C)C)CC2)n1. The van der Waals surface area contributed by atoms with Crippen molar-refractivity contribution < 1.29 is 19.4 Å². The van der Waals surface area contributed by atoms with Crippen LogP contribution in [0.2, 0.25) is 0 Å². The second-order valence-corrected chi connectivity index (χ2v) is 8.04. The molecule has 3 N–H and O–H groups in total. The Bertz CT molecular complexity index is 655. The topological polar surface area (TPSA) is 113 Å². The molecular formula is C17H26N4O4S. The lowest BCUT2D eigenvalue weighted by atomic mass is 9.91. The molecule has 0 spiro atoms. The number of nitrogens with zero attached hydrogens (tertiary/aromatic N) is 2. The van der Waals surface area contributed by atoms with E-state index in [1.807, 2.05) is 27.0 Å². The largest absolute Gasteiger partial charge is 0.477 e. The molecule has 1 aliphatic rings. The minimum Gasteiger partial charge on any atom is -0.477 e. The monoisotopic (exact) mass is 382 g/mol. The quantitative estimate of drug-likeness (QED) is 0.526. The Kier molecular flexibility index (Phi) is 6.69. The van der Waals surface area contributed by atoms with E-state index in [-0.39, 0.29) is 17.6 Å². The highest BCUT2D eigenvalue weighted by Gasteiger charge is 2.26. The van der Waals surface area contributed by atoms with E-state index in [0.29, 0.717) is 11.0 Å². The van der Waals surface area contributed by atoms with Crippen LogP contribution in [0.25, 0.3) is 0 Å². The Morgan fingerprint density at radius 1 is 1.23 bits per heavy atom. The van der Waals surface area contributed by atoms with Crippen LogP contribution in [0.4, 0.5) is 10.6 Å². The number of ether oxygens (including phenoxy) is 1. The van der Waals surface area contributed by atoms with Gasteiger partial charge in [0.2, 0.25) is 0 Å². The highest BCUT2D eigenvalue weighted by Crippen LogP contribution is 2.24. The molecule has 0 aliphatic heterocycles. The summed E-state index contributed by atoms with van der Waals surface area (Å²) in [6, 6.07) is 0.170. The summed E-state index contributed by atoms with van der Waals surface area (Å²) < 4.78 is 5.28. The summed E-state index contributed by atoms with van der Waals surface area (Å²) in [6.07, 6.45) is 5.96. The number of amides is 1. The number of carbonyl (C=O) groups is 2. The fraction of sp³-hybridized carbons (Fsp3) is 0.647. The van der Waals surface area contributed by atoms with Crippen molar-refractivity contribution in [1.82, 2.24) is 15.3 Å². The van der Waals surface area contributed by atoms with Gasteiger partial charge in [0.25, 0.3) is 0 Å². The predicted molar refractivity (Wildman–Crippen MR) is 99.8 cm³/mol. The van der Waals surface area contributed by atoms with Gasteiger partial charge in [0.15, 0.2) is 5.16 Å². The lowest BCUT2D eigenvalue weighted by Crippen LogP contribution is -2.42. The molecule has 1 amide bonds. The molecule has 0 saturated heterocycles. The highest BCUT2D eigenvalue weighted by molar-refractivity contribution is 7.98. The molecule has 0 radical (unpaired) electrons. The summed E-state index contributed by atoms with van der Waals surface area (Å²) in [7, 11) is 0. The molecule has 8 nitrogen and oxygen atoms in total. The fourth-order valence-corrected chi connectivity index (χ4v) is 3.12. The summed E-state index contributed by atoms with van der Waals surface area (Å²) in [5, 5.41) is 16.0. The molecule has 1 aromatic heterocycles. The Balaban J connectivity index is 1.91. The number of carboxylic acid groups (broad SMARTS) is 1. The zero-order chi connectivity index (χ0) is 19.3. The average Bonchev–Trinajstić information content (AvgIpc) is 2.54. The van der Waals surface area contributed by atoms with Gasteiger partial charge in [0.05, 0.1) is 0 Å². The number of rotatable bonds is 5. The van der Waals surface area contributed by atoms with E-state index >= 15 is 0 Å². The van der Waals surface area contributed by atoms with Crippen LogP contribution < -0.4 is 10.6 Å². The zero-order valence-electron chi connectivity index (χ0n) is 15.5. The van der Waals surface area contributed by atoms with Crippen molar-refractivity contribution in [2.45, 2.75) is 69.3 Å². The molecule has 1 heterocycles. The molecule has 9 heteroatoms. The third-order valence-electron chi connectivity index (χ3n) is 3.97. The van der Waals surface area contributed by atoms with E-state index in [1.165, 1.54) is 18.0 Å². The van der Waals surface area contributed by atoms with Crippen LogP contribution in [0.15, 0.2) is 11.4 Å². The highest BCUT2D eigenvalue weighted by atomic mass is 32.2. The van der Waals surface area contributed by atoms with Crippen LogP contribution in [-0.4, -0.2) is 51.1 Å². The number of thioether (sulfide) groups is 1. The first kappa shape index (κ1) is 20.3. The molecule has 26 heavy (non-hydrogen) atoms. The molecule has 1 saturated carbocycles. The summed E-state index contributed by atoms with van der Waals surface area (Å²) in [4.78, 5) is 31.5. The first-order chi connectivity index (χ1) is 12.2. The lowest BCUT2D eigenvalue weighted by Gasteiger charge is -2.31. The van der Waals surface area contributed by atoms with Crippen LogP contribution in [0.5, 0.6) is 0 Å². The molecule has 0 unspecified atom stereocenters. The maximum Gasteiger partial charge on any atom is 0.407 e. The van der Waals surface area contributed by atoms with Gasteiger partial charge in [-0.25, -0.2) is 19.6 Å². The summed E-state index contributed by atoms with van der Waals surface area (Å²) in [5.74, 6) is -0.708. The van der Waals surface area contributed by atoms with E-state index in [9.17, 15) is 14.7 Å². The third kappa shape index (κ3) is 6.05. The Morgan fingerprint density at radius 2 is 1.85 bits per heavy atom. The third-order valence-corrected chi connectivity index (χ3v) is 4.53. The number of carbonyl (C=O) groups excluding carboxylic acids is 1. The first-order valence-electron chi connectivity index (χ1n) is 8.58. The van der Waals surface area contributed by atoms with E-state index < -0.39 is 17.7 Å². The number of anilines is 1. The van der Waals surface area contributed by atoms with Crippen LogP contribution in [0, 0.1) is 0 Å². The maximum atomic E-state index is 11.9. The van der Waals surface area contributed by atoms with Crippen LogP contribution in [-0.2, 0) is 4.74 Å². The second-order valence-electron chi connectivity index (χ2n) is 7.26. The molecular weight excluding hydrogens is 356 g/mol. The van der Waals surface area contributed by atoms with Crippen molar-refractivity contribution >= 4 is 29.6 Å². The van der Waals surface area contributed by atoms with Crippen molar-refractivity contribution in [1.29, 1.82) is 0 Å². The normalized spacial score (nSPS) is 20.3. The Morgan fingerprint density at radius 3 is 2.38 bits per heavy atom. The van der Waals surface area contributed by atoms with Gasteiger partial charge >= 0.3 is 12.1 Å². The van der Waals surface area contributed by atoms with E-state index in [0.717, 1.165) is 25.7 Å². The first-order valence-corrected chi connectivity index (χ1v) is 9.81. The number of carboxylic acids is 1. The average molecular weight is 382 g/mol. The Labute approximate surface area is 157 Å². The Hall–Kier alpha value is -2.03. The maximum absolute atomic E-state index is 11.9. The lowest BCUT2D eigenvalue weighted by molar-refractivity contribution is 0.0491. The van der Waals surface area contributed by atoms with Gasteiger partial charge in [-0.3, -0.25) is 0 Å². The van der Waals surface area contributed by atoms with Crippen molar-refractivity contribution in [3.63, 3.8) is 0 Å². The standard InChI is InChI=1S/C17H26N4O4S/c1-17(2,3)25-16(24)20-11-7-5-10(6-8-11)19-13-12(14(22)23)9-18-15(21-13)26-4/h9-11H,5-8H2,1-4H3,(H,20,24)(H,22,23)(H,18,19,21). The number of aromatic carboxylic acids is 1. The molecule has 0 atom stereocenters. The van der Waals surface area contributed by atoms with Gasteiger partial charge in [-0.15, -0.1) is 0 Å². The van der Waals surface area contributed by atoms with Crippen molar-refractivity contribution in [2.24, 2.45) is 0 Å². The van der Waals surface area contributed by atoms with Crippen molar-refractivity contribution in [2.75, 3.05) is 11.6 Å². The van der Waals surface area contributed by atoms with Gasteiger partial charge in [0.1, 0.15) is 17.0 Å². The minimum atomic E-state index is -1.06. The molecule has 1 aromatic rings. The van der Waals surface area contributed by atoms with E-state index in [4.69, 9.17) is 4.74 Å². The number of aromatic nitrogens is 2. The minimum absolute atomic E-state index is 0.0639. The number of nitrogens with one attached hydrogen (secondary N) is 2. The van der Waals surface area contributed by atoms with Gasteiger partial charge in [-0.1, -0.05) is 11.8 Å². The van der Waals surface area contributed by atoms with Gasteiger partial charge in [-0.05, 0) is 52.7 Å². The molecule has 0 bridgehead atoms. The number of alkyl carbamates (subject to hydrolysis) is 1. The van der Waals surface area contributed by atoms with Crippen LogP contribution >= 0.6 is 11.8 Å². The van der Waals surface area contributed by atoms with Gasteiger partial charge in [-0.2, -0.15) is 0 Å². The van der Waals surface area contributed by atoms with Gasteiger partial charge < -0.3 is 20.5 Å². The van der Waals surface area contributed by atoms with Crippen molar-refractivity contribution in [3.05, 3.63) is 11.8 Å². The fourth-order valence-electron chi connectivity index (χ4n) is 2.78. The van der Waals surface area contributed by atoms with Crippen molar-refractivity contribution in [3.8, 4) is 0 Å². The number of hydrogen-bond donors (Lipinski definition) is 3. The summed E-state index contributed by atoms with van der Waals surface area (Å²) in [6.45, 7) is 5.49.